The topological polar surface area (TPSA) is 102 Å². The number of hydrogen-bond acceptors (Lipinski definition) is 6. The second-order valence-corrected chi connectivity index (χ2v) is 8.28. The summed E-state index contributed by atoms with van der Waals surface area (Å²) in [4.78, 5) is 25.0. The average Bonchev–Trinajstić information content (AvgIpc) is 3.04. The van der Waals surface area contributed by atoms with Crippen LogP contribution in [0.5, 0.6) is 11.5 Å². The molecule has 1 saturated heterocycles. The van der Waals surface area contributed by atoms with Gasteiger partial charge in [0.15, 0.2) is 0 Å². The number of carbonyl (C=O) groups is 2. The summed E-state index contributed by atoms with van der Waals surface area (Å²) in [5, 5.41) is 0. The van der Waals surface area contributed by atoms with Gasteiger partial charge in [0.2, 0.25) is 21.8 Å². The zero-order valence-electron chi connectivity index (χ0n) is 16.2. The van der Waals surface area contributed by atoms with Crippen molar-refractivity contribution in [2.45, 2.75) is 24.7 Å². The summed E-state index contributed by atoms with van der Waals surface area (Å²) in [6.07, 6.45) is 0.182. The van der Waals surface area contributed by atoms with E-state index in [9.17, 15) is 18.0 Å². The normalized spacial score (nSPS) is 14.3. The van der Waals surface area contributed by atoms with Gasteiger partial charge in [-0.25, -0.2) is 18.0 Å². The number of ether oxygens (including phenoxy) is 2. The van der Waals surface area contributed by atoms with Crippen molar-refractivity contribution in [3.8, 4) is 11.5 Å². The second kappa shape index (κ2) is 8.62. The van der Waals surface area contributed by atoms with E-state index in [1.54, 1.807) is 0 Å². The molecule has 0 atom stereocenters. The summed E-state index contributed by atoms with van der Waals surface area (Å²) in [5.74, 6) is 0.118. The number of carbonyl (C=O) groups excluding carboxylic acids is 2. The van der Waals surface area contributed by atoms with E-state index >= 15 is 0 Å². The average molecular weight is 418 g/mol. The SMILES string of the molecule is COc1ccc(S(=O)(=O)NCCOc2ccc(C)cc2)cc1N1C(=O)CCC1=O. The van der Waals surface area contributed by atoms with Crippen molar-refractivity contribution in [3.63, 3.8) is 0 Å². The lowest BCUT2D eigenvalue weighted by Crippen LogP contribution is -2.30. The molecule has 2 aromatic rings. The molecule has 1 aliphatic heterocycles. The first kappa shape index (κ1) is 20.8. The van der Waals surface area contributed by atoms with Crippen LogP contribution in [0, 0.1) is 6.92 Å². The molecule has 9 heteroatoms. The lowest BCUT2D eigenvalue weighted by atomic mass is 10.2. The van der Waals surface area contributed by atoms with E-state index in [-0.39, 0.29) is 54.1 Å². The van der Waals surface area contributed by atoms with Crippen LogP contribution in [-0.4, -0.2) is 40.5 Å². The third-order valence-electron chi connectivity index (χ3n) is 4.44. The molecule has 8 nitrogen and oxygen atoms in total. The maximum Gasteiger partial charge on any atom is 0.240 e. The first-order chi connectivity index (χ1) is 13.8. The number of sulfonamides is 1. The van der Waals surface area contributed by atoms with Crippen LogP contribution in [0.25, 0.3) is 0 Å². The Morgan fingerprint density at radius 2 is 1.69 bits per heavy atom. The highest BCUT2D eigenvalue weighted by atomic mass is 32.2. The number of amides is 2. The van der Waals surface area contributed by atoms with Gasteiger partial charge in [-0.05, 0) is 37.3 Å². The number of nitrogens with one attached hydrogen (secondary N) is 1. The van der Waals surface area contributed by atoms with Crippen LogP contribution in [0.15, 0.2) is 47.4 Å². The monoisotopic (exact) mass is 418 g/mol. The van der Waals surface area contributed by atoms with Crippen LogP contribution in [0.3, 0.4) is 0 Å². The van der Waals surface area contributed by atoms with Gasteiger partial charge in [0.05, 0.1) is 17.7 Å². The Balaban J connectivity index is 1.71. The predicted octanol–water partition coefficient (Wildman–Crippen LogP) is 2.01. The molecule has 0 radical (unpaired) electrons. The van der Waals surface area contributed by atoms with E-state index in [0.717, 1.165) is 10.5 Å². The zero-order chi connectivity index (χ0) is 21.0. The fourth-order valence-corrected chi connectivity index (χ4v) is 3.95. The molecular weight excluding hydrogens is 396 g/mol. The molecule has 1 fully saturated rings. The predicted molar refractivity (Wildman–Crippen MR) is 107 cm³/mol. The molecule has 0 bridgehead atoms. The summed E-state index contributed by atoms with van der Waals surface area (Å²) < 4.78 is 38.4. The van der Waals surface area contributed by atoms with E-state index in [4.69, 9.17) is 9.47 Å². The maximum atomic E-state index is 12.6. The van der Waals surface area contributed by atoms with Crippen LogP contribution >= 0.6 is 0 Å². The molecule has 1 heterocycles. The third-order valence-corrected chi connectivity index (χ3v) is 5.90. The Morgan fingerprint density at radius 1 is 1.03 bits per heavy atom. The van der Waals surface area contributed by atoms with Crippen LogP contribution in [0.1, 0.15) is 18.4 Å². The summed E-state index contributed by atoms with van der Waals surface area (Å²) in [6.45, 7) is 2.16. The molecule has 0 unspecified atom stereocenters. The number of rotatable bonds is 8. The van der Waals surface area contributed by atoms with Crippen LogP contribution in [0.2, 0.25) is 0 Å². The maximum absolute atomic E-state index is 12.6. The molecular formula is C20H22N2O6S. The highest BCUT2D eigenvalue weighted by Crippen LogP contribution is 2.34. The molecule has 3 rings (SSSR count). The molecule has 0 saturated carbocycles. The van der Waals surface area contributed by atoms with E-state index in [1.165, 1.54) is 25.3 Å². The van der Waals surface area contributed by atoms with Crippen molar-refractivity contribution in [1.29, 1.82) is 0 Å². The second-order valence-electron chi connectivity index (χ2n) is 6.52. The summed E-state index contributed by atoms with van der Waals surface area (Å²) >= 11 is 0. The highest BCUT2D eigenvalue weighted by molar-refractivity contribution is 7.89. The Morgan fingerprint density at radius 3 is 2.31 bits per heavy atom. The molecule has 2 amide bonds. The molecule has 1 N–H and O–H groups in total. The van der Waals surface area contributed by atoms with Crippen molar-refractivity contribution in [2.24, 2.45) is 0 Å². The van der Waals surface area contributed by atoms with Gasteiger partial charge in [-0.1, -0.05) is 17.7 Å². The van der Waals surface area contributed by atoms with Gasteiger partial charge in [-0.3, -0.25) is 9.59 Å². The van der Waals surface area contributed by atoms with Gasteiger partial charge in [0, 0.05) is 19.4 Å². The lowest BCUT2D eigenvalue weighted by Gasteiger charge is -2.18. The minimum atomic E-state index is -3.87. The van der Waals surface area contributed by atoms with Gasteiger partial charge in [0.25, 0.3) is 0 Å². The number of aryl methyl sites for hydroxylation is 1. The van der Waals surface area contributed by atoms with E-state index in [2.05, 4.69) is 4.72 Å². The number of nitrogens with zero attached hydrogens (tertiary/aromatic N) is 1. The van der Waals surface area contributed by atoms with Gasteiger partial charge in [-0.15, -0.1) is 0 Å². The first-order valence-electron chi connectivity index (χ1n) is 9.05. The molecule has 0 aliphatic carbocycles. The fraction of sp³-hybridized carbons (Fsp3) is 0.300. The quantitative estimate of drug-likeness (QED) is 0.520. The standard InChI is InChI=1S/C20H22N2O6S/c1-14-3-5-15(6-4-14)28-12-11-21-29(25,26)16-7-8-18(27-2)17(13-16)22-19(23)9-10-20(22)24/h3-8,13,21H,9-12H2,1-2H3. The fourth-order valence-electron chi connectivity index (χ4n) is 2.92. The minimum Gasteiger partial charge on any atom is -0.495 e. The number of hydrogen-bond donors (Lipinski definition) is 1. The smallest absolute Gasteiger partial charge is 0.240 e. The van der Waals surface area contributed by atoms with E-state index in [0.29, 0.717) is 5.75 Å². The molecule has 1 aliphatic rings. The highest BCUT2D eigenvalue weighted by Gasteiger charge is 2.33. The van der Waals surface area contributed by atoms with Gasteiger partial charge < -0.3 is 9.47 Å². The molecule has 154 valence electrons. The van der Waals surface area contributed by atoms with Crippen LogP contribution in [-0.2, 0) is 19.6 Å². The Bertz CT molecular complexity index is 1000. The molecule has 0 spiro atoms. The van der Waals surface area contributed by atoms with E-state index < -0.39 is 10.0 Å². The number of anilines is 1. The van der Waals surface area contributed by atoms with Gasteiger partial charge in [-0.2, -0.15) is 0 Å². The van der Waals surface area contributed by atoms with Gasteiger partial charge in [0.1, 0.15) is 18.1 Å². The van der Waals surface area contributed by atoms with Crippen molar-refractivity contribution < 1.29 is 27.5 Å². The molecule has 2 aromatic carbocycles. The summed E-state index contributed by atoms with van der Waals surface area (Å²) in [6, 6.07) is 11.5. The minimum absolute atomic E-state index is 0.0547. The molecule has 29 heavy (non-hydrogen) atoms. The first-order valence-corrected chi connectivity index (χ1v) is 10.5. The van der Waals surface area contributed by atoms with Crippen molar-refractivity contribution in [2.75, 3.05) is 25.2 Å². The zero-order valence-corrected chi connectivity index (χ0v) is 17.0. The van der Waals surface area contributed by atoms with Crippen LogP contribution < -0.4 is 19.1 Å². The van der Waals surface area contributed by atoms with Gasteiger partial charge >= 0.3 is 0 Å². The summed E-state index contributed by atoms with van der Waals surface area (Å²) in [7, 11) is -2.48. The number of methoxy groups -OCH3 is 1. The van der Waals surface area contributed by atoms with Crippen molar-refractivity contribution in [1.82, 2.24) is 4.72 Å². The molecule has 0 aromatic heterocycles. The lowest BCUT2D eigenvalue weighted by molar-refractivity contribution is -0.121. The Hall–Kier alpha value is -2.91. The van der Waals surface area contributed by atoms with Crippen molar-refractivity contribution in [3.05, 3.63) is 48.0 Å². The Labute approximate surface area is 169 Å². The van der Waals surface area contributed by atoms with Crippen LogP contribution in [0.4, 0.5) is 5.69 Å². The summed E-state index contributed by atoms with van der Waals surface area (Å²) in [5.41, 5.74) is 1.22. The Kier molecular flexibility index (Phi) is 6.19. The van der Waals surface area contributed by atoms with Crippen molar-refractivity contribution >= 4 is 27.5 Å². The largest absolute Gasteiger partial charge is 0.495 e. The third kappa shape index (κ3) is 4.75. The van der Waals surface area contributed by atoms with E-state index in [1.807, 2.05) is 31.2 Å². The number of imide groups is 1. The number of benzene rings is 2.